The van der Waals surface area contributed by atoms with Crippen LogP contribution in [0.5, 0.6) is 0 Å². The van der Waals surface area contributed by atoms with Crippen molar-refractivity contribution >= 4 is 0 Å². The number of hydrogen-bond acceptors (Lipinski definition) is 0. The molecule has 94 valence electrons. The molecule has 16 heavy (non-hydrogen) atoms. The van der Waals surface area contributed by atoms with Gasteiger partial charge in [-0.2, -0.15) is 0 Å². The fraction of sp³-hybridized carbons (Fsp3) is 0.375. The molecule has 0 radical (unpaired) electrons. The second kappa shape index (κ2) is 37.3. The lowest BCUT2D eigenvalue weighted by molar-refractivity contribution is 1.16. The largest absolute Gasteiger partial charge is 0.106 e. The molecule has 0 fully saturated rings. The van der Waals surface area contributed by atoms with Gasteiger partial charge in [0, 0.05) is 0 Å². The molecule has 0 unspecified atom stereocenters. The molecule has 0 amide bonds. The first-order chi connectivity index (χ1) is 7.76. The van der Waals surface area contributed by atoms with Gasteiger partial charge in [-0.05, 0) is 25.3 Å². The minimum atomic E-state index is 0.942. The summed E-state index contributed by atoms with van der Waals surface area (Å²) in [5, 5.41) is 0. The zero-order chi connectivity index (χ0) is 13.8. The lowest BCUT2D eigenvalue weighted by Crippen LogP contribution is -1.72. The Morgan fingerprint density at radius 2 is 1.44 bits per heavy atom. The molecule has 0 aromatic rings. The van der Waals surface area contributed by atoms with E-state index in [1.54, 1.807) is 6.08 Å². The first kappa shape index (κ1) is 24.1. The van der Waals surface area contributed by atoms with Crippen LogP contribution in [0.4, 0.5) is 0 Å². The molecule has 0 saturated heterocycles. The zero-order valence-corrected chi connectivity index (χ0v) is 11.8. The molecule has 0 rings (SSSR count). The molecule has 0 atom stereocenters. The highest BCUT2D eigenvalue weighted by Gasteiger charge is 1.82. The van der Waals surface area contributed by atoms with E-state index in [4.69, 9.17) is 0 Å². The van der Waals surface area contributed by atoms with Crippen molar-refractivity contribution in [1.29, 1.82) is 0 Å². The molecule has 0 aliphatic rings. The van der Waals surface area contributed by atoms with Crippen molar-refractivity contribution in [3.8, 4) is 0 Å². The summed E-state index contributed by atoms with van der Waals surface area (Å²) in [7, 11) is 0. The highest BCUT2D eigenvalue weighted by molar-refractivity contribution is 5.18. The lowest BCUT2D eigenvalue weighted by Gasteiger charge is -1.92. The van der Waals surface area contributed by atoms with Gasteiger partial charge in [-0.25, -0.2) is 0 Å². The summed E-state index contributed by atoms with van der Waals surface area (Å²) in [5.74, 6) is 0. The Kier molecular flexibility index (Phi) is 56.1. The Morgan fingerprint density at radius 1 is 1.06 bits per heavy atom. The highest BCUT2D eigenvalue weighted by atomic mass is 13.9. The Hall–Kier alpha value is -1.30. The molecule has 0 spiro atoms. The number of rotatable bonds is 4. The maximum absolute atomic E-state index is 3.68. The fourth-order valence-electron chi connectivity index (χ4n) is 0.679. The summed E-state index contributed by atoms with van der Waals surface area (Å²) in [6, 6.07) is 0. The van der Waals surface area contributed by atoms with E-state index < -0.39 is 0 Å². The van der Waals surface area contributed by atoms with Crippen molar-refractivity contribution < 1.29 is 0 Å². The molecule has 0 nitrogen and oxygen atoms in total. The van der Waals surface area contributed by atoms with Crippen LogP contribution in [0.2, 0.25) is 0 Å². The molecular formula is C16H30. The average Bonchev–Trinajstić information content (AvgIpc) is 2.35. The molecule has 0 aromatic heterocycles. The summed E-state index contributed by atoms with van der Waals surface area (Å²) in [6.45, 7) is 24.7. The summed E-state index contributed by atoms with van der Waals surface area (Å²) in [6.07, 6.45) is 9.70. The maximum atomic E-state index is 3.68. The predicted octanol–water partition coefficient (Wildman–Crippen LogP) is 6.11. The van der Waals surface area contributed by atoms with Gasteiger partial charge in [-0.15, -0.1) is 26.3 Å². The molecule has 0 bridgehead atoms. The quantitative estimate of drug-likeness (QED) is 0.398. The van der Waals surface area contributed by atoms with Crippen molar-refractivity contribution in [2.24, 2.45) is 0 Å². The monoisotopic (exact) mass is 222 g/mol. The molecule has 0 N–H and O–H groups in total. The van der Waals surface area contributed by atoms with Gasteiger partial charge >= 0.3 is 0 Å². The van der Waals surface area contributed by atoms with E-state index in [9.17, 15) is 0 Å². The van der Waals surface area contributed by atoms with Crippen LogP contribution in [-0.4, -0.2) is 0 Å². The Labute approximate surface area is 104 Å². The van der Waals surface area contributed by atoms with Gasteiger partial charge in [0.15, 0.2) is 0 Å². The molecule has 0 saturated carbocycles. The topological polar surface area (TPSA) is 0 Å². The Morgan fingerprint density at radius 3 is 1.62 bits per heavy atom. The third-order valence-electron chi connectivity index (χ3n) is 1.11. The van der Waals surface area contributed by atoms with Crippen LogP contribution in [0.1, 0.15) is 40.5 Å². The Bertz CT molecular complexity index is 161. The summed E-state index contributed by atoms with van der Waals surface area (Å²) >= 11 is 0. The molecular weight excluding hydrogens is 192 g/mol. The van der Waals surface area contributed by atoms with E-state index in [0.29, 0.717) is 0 Å². The van der Waals surface area contributed by atoms with Crippen LogP contribution in [0.3, 0.4) is 0 Å². The smallest absolute Gasteiger partial charge is 0.0104 e. The van der Waals surface area contributed by atoms with E-state index in [2.05, 4.69) is 45.9 Å². The minimum Gasteiger partial charge on any atom is -0.106 e. The maximum Gasteiger partial charge on any atom is -0.0104 e. The van der Waals surface area contributed by atoms with Gasteiger partial charge in [0.05, 0.1) is 0 Å². The second-order valence-corrected chi connectivity index (χ2v) is 2.29. The van der Waals surface area contributed by atoms with Crippen LogP contribution in [0.15, 0.2) is 62.8 Å². The normalized spacial score (nSPS) is 7.62. The van der Waals surface area contributed by atoms with Crippen LogP contribution in [0.25, 0.3) is 0 Å². The van der Waals surface area contributed by atoms with E-state index in [0.717, 1.165) is 12.8 Å². The van der Waals surface area contributed by atoms with Gasteiger partial charge < -0.3 is 0 Å². The third-order valence-corrected chi connectivity index (χ3v) is 1.11. The summed E-state index contributed by atoms with van der Waals surface area (Å²) < 4.78 is 0. The molecule has 0 aromatic carbocycles. The molecule has 0 heteroatoms. The number of hydrogen-bond donors (Lipinski definition) is 0. The van der Waals surface area contributed by atoms with Crippen molar-refractivity contribution in [1.82, 2.24) is 0 Å². The average molecular weight is 222 g/mol. The Balaban J connectivity index is -0.0000000864. The van der Waals surface area contributed by atoms with Crippen molar-refractivity contribution in [2.75, 3.05) is 0 Å². The van der Waals surface area contributed by atoms with E-state index in [-0.39, 0.29) is 0 Å². The van der Waals surface area contributed by atoms with Gasteiger partial charge in [0.2, 0.25) is 0 Å². The van der Waals surface area contributed by atoms with Crippen LogP contribution in [-0.2, 0) is 0 Å². The number of allylic oxidation sites excluding steroid dienone is 5. The first-order valence-electron chi connectivity index (χ1n) is 5.76. The summed E-state index contributed by atoms with van der Waals surface area (Å²) in [4.78, 5) is 0. The lowest BCUT2D eigenvalue weighted by atomic mass is 10.1. The van der Waals surface area contributed by atoms with Crippen LogP contribution >= 0.6 is 0 Å². The zero-order valence-electron chi connectivity index (χ0n) is 11.8. The standard InChI is InChI=1S/C9H14.C3H6.C2H6.C2H4/c1-4-7-9(6-3)8-5-2;1-3-2;2*1-2/h4,6,8H,1,3,5,7H2,2H3;3H,1H2,2H3;1-2H3;1-2H2/b9-8+;;;. The van der Waals surface area contributed by atoms with Gasteiger partial charge in [-0.3, -0.25) is 0 Å². The minimum absolute atomic E-state index is 0.942. The van der Waals surface area contributed by atoms with E-state index in [1.807, 2.05) is 32.9 Å². The first-order valence-corrected chi connectivity index (χ1v) is 5.76. The van der Waals surface area contributed by atoms with Gasteiger partial charge in [0.1, 0.15) is 0 Å². The van der Waals surface area contributed by atoms with Crippen LogP contribution in [0, 0.1) is 0 Å². The van der Waals surface area contributed by atoms with Gasteiger partial charge in [0.25, 0.3) is 0 Å². The third kappa shape index (κ3) is 38.7. The molecule has 0 aliphatic carbocycles. The van der Waals surface area contributed by atoms with Crippen molar-refractivity contribution in [3.63, 3.8) is 0 Å². The SMILES string of the molecule is C=C.C=CC.C=CC/C(C=C)=C/CC.CC. The second-order valence-electron chi connectivity index (χ2n) is 2.29. The van der Waals surface area contributed by atoms with Crippen LogP contribution < -0.4 is 0 Å². The highest BCUT2D eigenvalue weighted by Crippen LogP contribution is 2.03. The van der Waals surface area contributed by atoms with Crippen molar-refractivity contribution in [3.05, 3.63) is 62.8 Å². The van der Waals surface area contributed by atoms with E-state index >= 15 is 0 Å². The summed E-state index contributed by atoms with van der Waals surface area (Å²) in [5.41, 5.74) is 1.27. The van der Waals surface area contributed by atoms with E-state index in [1.165, 1.54) is 5.57 Å². The predicted molar refractivity (Wildman–Crippen MR) is 81.9 cm³/mol. The van der Waals surface area contributed by atoms with Crippen molar-refractivity contribution in [2.45, 2.75) is 40.5 Å². The molecule has 0 aliphatic heterocycles. The molecule has 0 heterocycles. The van der Waals surface area contributed by atoms with Gasteiger partial charge in [-0.1, -0.05) is 51.7 Å². The fourth-order valence-corrected chi connectivity index (χ4v) is 0.679.